The molecule has 2 N–H and O–H groups in total. The van der Waals surface area contributed by atoms with Crippen LogP contribution in [0, 0.1) is 0 Å². The van der Waals surface area contributed by atoms with Crippen LogP contribution in [0.4, 0.5) is 0 Å². The van der Waals surface area contributed by atoms with Gasteiger partial charge < -0.3 is 10.2 Å². The molecule has 2 aromatic heterocycles. The third kappa shape index (κ3) is 2.97. The van der Waals surface area contributed by atoms with Crippen LogP contribution >= 0.6 is 0 Å². The fourth-order valence-electron chi connectivity index (χ4n) is 3.32. The summed E-state index contributed by atoms with van der Waals surface area (Å²) in [4.78, 5) is 8.73. The Kier molecular flexibility index (Phi) is 4.23. The van der Waals surface area contributed by atoms with Crippen LogP contribution in [0.1, 0.15) is 22.7 Å². The van der Waals surface area contributed by atoms with Gasteiger partial charge in [0.05, 0.1) is 0 Å². The first-order valence-corrected chi connectivity index (χ1v) is 8.48. The van der Waals surface area contributed by atoms with E-state index in [0.717, 1.165) is 22.2 Å². The SMILES string of the molecule is Oc1ccccc1C(Cc1ccccn1)c1ccc2cccnc2c1O. The van der Waals surface area contributed by atoms with Crippen molar-refractivity contribution in [1.82, 2.24) is 9.97 Å². The van der Waals surface area contributed by atoms with E-state index in [0.29, 0.717) is 11.9 Å². The summed E-state index contributed by atoms with van der Waals surface area (Å²) in [5.74, 6) is 0.110. The minimum atomic E-state index is -0.238. The first kappa shape index (κ1) is 16.1. The predicted octanol–water partition coefficient (Wildman–Crippen LogP) is 4.42. The molecule has 0 saturated carbocycles. The lowest BCUT2D eigenvalue weighted by Crippen LogP contribution is -2.07. The fourth-order valence-corrected chi connectivity index (χ4v) is 3.32. The number of aromatic nitrogens is 2. The molecule has 4 heteroatoms. The third-order valence-corrected chi connectivity index (χ3v) is 4.61. The van der Waals surface area contributed by atoms with Crippen molar-refractivity contribution in [1.29, 1.82) is 0 Å². The molecule has 0 spiro atoms. The largest absolute Gasteiger partial charge is 0.508 e. The maximum atomic E-state index is 10.9. The zero-order chi connectivity index (χ0) is 17.9. The molecule has 1 unspecified atom stereocenters. The van der Waals surface area contributed by atoms with Gasteiger partial charge in [0.1, 0.15) is 17.0 Å². The third-order valence-electron chi connectivity index (χ3n) is 4.61. The van der Waals surface area contributed by atoms with Crippen LogP contribution in [-0.4, -0.2) is 20.2 Å². The molecular weight excluding hydrogens is 324 g/mol. The molecule has 128 valence electrons. The number of pyridine rings is 2. The van der Waals surface area contributed by atoms with Crippen LogP contribution in [0.2, 0.25) is 0 Å². The molecule has 4 nitrogen and oxygen atoms in total. The lowest BCUT2D eigenvalue weighted by molar-refractivity contribution is 0.456. The second kappa shape index (κ2) is 6.84. The van der Waals surface area contributed by atoms with Gasteiger partial charge in [0.25, 0.3) is 0 Å². The molecule has 1 atom stereocenters. The quantitative estimate of drug-likeness (QED) is 0.576. The average molecular weight is 342 g/mol. The van der Waals surface area contributed by atoms with Gasteiger partial charge in [0.2, 0.25) is 0 Å². The summed E-state index contributed by atoms with van der Waals surface area (Å²) >= 11 is 0. The predicted molar refractivity (Wildman–Crippen MR) is 101 cm³/mol. The summed E-state index contributed by atoms with van der Waals surface area (Å²) < 4.78 is 0. The van der Waals surface area contributed by atoms with Crippen LogP contribution in [0.5, 0.6) is 11.5 Å². The molecule has 4 rings (SSSR count). The molecule has 26 heavy (non-hydrogen) atoms. The van der Waals surface area contributed by atoms with E-state index in [-0.39, 0.29) is 17.4 Å². The molecule has 0 fully saturated rings. The number of benzene rings is 2. The molecule has 0 aliphatic rings. The summed E-state index contributed by atoms with van der Waals surface area (Å²) in [6, 6.07) is 20.6. The van der Waals surface area contributed by atoms with Crippen LogP contribution < -0.4 is 0 Å². The Hall–Kier alpha value is -3.40. The van der Waals surface area contributed by atoms with E-state index in [9.17, 15) is 10.2 Å². The summed E-state index contributed by atoms with van der Waals surface area (Å²) in [5.41, 5.74) is 2.93. The monoisotopic (exact) mass is 342 g/mol. The molecule has 2 aromatic carbocycles. The molecule has 2 heterocycles. The number of fused-ring (bicyclic) bond motifs is 1. The highest BCUT2D eigenvalue weighted by Gasteiger charge is 2.23. The minimum absolute atomic E-state index is 0.146. The number of nitrogens with zero attached hydrogens (tertiary/aromatic N) is 2. The molecular formula is C22H18N2O2. The number of hydrogen-bond acceptors (Lipinski definition) is 4. The Bertz CT molecular complexity index is 1050. The number of phenolic OH excluding ortho intramolecular Hbond substituents is 2. The van der Waals surface area contributed by atoms with Gasteiger partial charge in [-0.25, -0.2) is 0 Å². The van der Waals surface area contributed by atoms with E-state index < -0.39 is 0 Å². The molecule has 4 aromatic rings. The van der Waals surface area contributed by atoms with Crippen molar-refractivity contribution in [3.05, 3.63) is 95.9 Å². The number of phenols is 2. The van der Waals surface area contributed by atoms with Crippen LogP contribution in [0.3, 0.4) is 0 Å². The van der Waals surface area contributed by atoms with E-state index in [1.54, 1.807) is 24.5 Å². The van der Waals surface area contributed by atoms with Crippen molar-refractivity contribution in [2.24, 2.45) is 0 Å². The molecule has 0 aliphatic carbocycles. The van der Waals surface area contributed by atoms with E-state index >= 15 is 0 Å². The zero-order valence-electron chi connectivity index (χ0n) is 14.1. The van der Waals surface area contributed by atoms with Crippen molar-refractivity contribution in [3.63, 3.8) is 0 Å². The van der Waals surface area contributed by atoms with Crippen LogP contribution in [-0.2, 0) is 6.42 Å². The Morgan fingerprint density at radius 1 is 0.731 bits per heavy atom. The van der Waals surface area contributed by atoms with Gasteiger partial charge in [-0.05, 0) is 24.3 Å². The van der Waals surface area contributed by atoms with Crippen molar-refractivity contribution >= 4 is 10.9 Å². The highest BCUT2D eigenvalue weighted by atomic mass is 16.3. The van der Waals surface area contributed by atoms with Gasteiger partial charge >= 0.3 is 0 Å². The van der Waals surface area contributed by atoms with Crippen LogP contribution in [0.15, 0.2) is 79.1 Å². The van der Waals surface area contributed by atoms with E-state index in [1.807, 2.05) is 54.6 Å². The Balaban J connectivity index is 1.88. The van der Waals surface area contributed by atoms with E-state index in [1.165, 1.54) is 0 Å². The number of rotatable bonds is 4. The van der Waals surface area contributed by atoms with Crippen molar-refractivity contribution in [2.75, 3.05) is 0 Å². The first-order chi connectivity index (χ1) is 12.7. The lowest BCUT2D eigenvalue weighted by atomic mass is 9.85. The standard InChI is InChI=1S/C22H18N2O2/c25-20-9-2-1-8-17(20)19(14-16-7-3-4-12-23-16)18-11-10-15-6-5-13-24-21(15)22(18)26/h1-13,19,25-26H,14H2. The van der Waals surface area contributed by atoms with E-state index in [2.05, 4.69) is 9.97 Å². The maximum absolute atomic E-state index is 10.9. The normalized spacial score (nSPS) is 12.2. The van der Waals surface area contributed by atoms with Gasteiger partial charge in [-0.1, -0.05) is 42.5 Å². The summed E-state index contributed by atoms with van der Waals surface area (Å²) in [6.07, 6.45) is 3.98. The smallest absolute Gasteiger partial charge is 0.145 e. The van der Waals surface area contributed by atoms with Gasteiger partial charge in [-0.3, -0.25) is 9.97 Å². The number of aromatic hydroxyl groups is 2. The van der Waals surface area contributed by atoms with Gasteiger partial charge in [0.15, 0.2) is 0 Å². The topological polar surface area (TPSA) is 66.2 Å². The molecule has 0 bridgehead atoms. The van der Waals surface area contributed by atoms with Crippen molar-refractivity contribution in [2.45, 2.75) is 12.3 Å². The summed E-state index contributed by atoms with van der Waals surface area (Å²) in [6.45, 7) is 0. The molecule has 0 radical (unpaired) electrons. The van der Waals surface area contributed by atoms with Crippen LogP contribution in [0.25, 0.3) is 10.9 Å². The summed E-state index contributed by atoms with van der Waals surface area (Å²) in [7, 11) is 0. The summed E-state index contributed by atoms with van der Waals surface area (Å²) in [5, 5.41) is 22.2. The fraction of sp³-hybridized carbons (Fsp3) is 0.0909. The second-order valence-corrected chi connectivity index (χ2v) is 6.22. The Morgan fingerprint density at radius 3 is 2.35 bits per heavy atom. The Morgan fingerprint density at radius 2 is 1.54 bits per heavy atom. The molecule has 0 aliphatic heterocycles. The van der Waals surface area contributed by atoms with Gasteiger partial charge in [-0.15, -0.1) is 0 Å². The van der Waals surface area contributed by atoms with Gasteiger partial charge in [-0.2, -0.15) is 0 Å². The molecule has 0 amide bonds. The maximum Gasteiger partial charge on any atom is 0.145 e. The van der Waals surface area contributed by atoms with Gasteiger partial charge in [0, 0.05) is 46.9 Å². The zero-order valence-corrected chi connectivity index (χ0v) is 14.1. The Labute approximate surface area is 151 Å². The highest BCUT2D eigenvalue weighted by molar-refractivity contribution is 5.85. The van der Waals surface area contributed by atoms with E-state index in [4.69, 9.17) is 0 Å². The number of para-hydroxylation sites is 1. The molecule has 0 saturated heterocycles. The highest BCUT2D eigenvalue weighted by Crippen LogP contribution is 2.40. The first-order valence-electron chi connectivity index (χ1n) is 8.48. The minimum Gasteiger partial charge on any atom is -0.508 e. The van der Waals surface area contributed by atoms with Crippen molar-refractivity contribution < 1.29 is 10.2 Å². The number of hydrogen-bond donors (Lipinski definition) is 2. The second-order valence-electron chi connectivity index (χ2n) is 6.22. The average Bonchev–Trinajstić information content (AvgIpc) is 2.68. The van der Waals surface area contributed by atoms with Crippen molar-refractivity contribution in [3.8, 4) is 11.5 Å². The lowest BCUT2D eigenvalue weighted by Gasteiger charge is -2.20.